The smallest absolute Gasteiger partial charge is 0.258 e. The second kappa shape index (κ2) is 8.22. The Labute approximate surface area is 179 Å². The summed E-state index contributed by atoms with van der Waals surface area (Å²) in [6.07, 6.45) is 1.16. The molecule has 0 aliphatic rings. The predicted octanol–water partition coefficient (Wildman–Crippen LogP) is 5.30. The summed E-state index contributed by atoms with van der Waals surface area (Å²) in [7, 11) is -3.28. The van der Waals surface area contributed by atoms with Gasteiger partial charge in [0.2, 0.25) is 0 Å². The molecule has 0 N–H and O–H groups in total. The van der Waals surface area contributed by atoms with E-state index < -0.39 is 14.8 Å². The fraction of sp³-hybridized carbons (Fsp3) is 0.0455. The zero-order valence-electron chi connectivity index (χ0n) is 15.8. The van der Waals surface area contributed by atoms with Gasteiger partial charge in [-0.2, -0.15) is 0 Å². The van der Waals surface area contributed by atoms with Gasteiger partial charge in [0.05, 0.1) is 21.0 Å². The van der Waals surface area contributed by atoms with Gasteiger partial charge in [-0.3, -0.25) is 10.1 Å². The number of halogens is 1. The molecule has 0 aliphatic heterocycles. The lowest BCUT2D eigenvalue weighted by molar-refractivity contribution is -0.384. The normalized spacial score (nSPS) is 11.1. The monoisotopic (exact) mass is 440 g/mol. The molecule has 8 heteroatoms. The van der Waals surface area contributed by atoms with Gasteiger partial charge in [-0.25, -0.2) is 13.4 Å². The third kappa shape index (κ3) is 4.17. The summed E-state index contributed by atoms with van der Waals surface area (Å²) in [5.41, 5.74) is 3.77. The highest BCUT2D eigenvalue weighted by atomic mass is 35.5. The first-order valence-corrected chi connectivity index (χ1v) is 10.7. The first-order valence-electron chi connectivity index (χ1n) is 8.78. The molecule has 30 heavy (non-hydrogen) atoms. The quantitative estimate of drug-likeness (QED) is 0.317. The van der Waals surface area contributed by atoms with E-state index in [9.17, 15) is 18.5 Å². The van der Waals surface area contributed by atoms with Gasteiger partial charge in [0.25, 0.3) is 5.69 Å². The third-order valence-corrected chi connectivity index (χ3v) is 5.79. The number of rotatable bonds is 4. The predicted molar refractivity (Wildman–Crippen MR) is 120 cm³/mol. The van der Waals surface area contributed by atoms with Gasteiger partial charge < -0.3 is 0 Å². The van der Waals surface area contributed by atoms with Crippen LogP contribution in [0, 0.1) is 10.1 Å². The molecule has 0 spiro atoms. The van der Waals surface area contributed by atoms with Crippen LogP contribution in [0.25, 0.3) is 33.3 Å². The van der Waals surface area contributed by atoms with Crippen LogP contribution in [0.5, 0.6) is 0 Å². The van der Waals surface area contributed by atoms with Crippen LogP contribution in [0.4, 0.5) is 5.69 Å². The van der Waals surface area contributed by atoms with Crippen LogP contribution in [-0.4, -0.2) is 24.6 Å². The number of benzene rings is 3. The number of nitrogens with zero attached hydrogens (tertiary/aromatic N) is 2. The second-order valence-corrected chi connectivity index (χ2v) is 8.69. The maximum atomic E-state index is 11.7. The molecule has 152 valence electrons. The summed E-state index contributed by atoms with van der Waals surface area (Å²) in [4.78, 5) is 15.7. The highest BCUT2D eigenvalue weighted by Crippen LogP contribution is 2.34. The van der Waals surface area contributed by atoms with Crippen LogP contribution in [0.3, 0.4) is 0 Å². The summed E-state index contributed by atoms with van der Waals surface area (Å²) < 4.78 is 23.4. The van der Waals surface area contributed by atoms with Crippen molar-refractivity contribution in [3.05, 3.63) is 89.0 Å². The molecule has 6 nitrogen and oxygen atoms in total. The van der Waals surface area contributed by atoms with Crippen LogP contribution in [0.1, 0.15) is 0 Å². The molecule has 0 fully saturated rings. The molecule has 4 aromatic rings. The van der Waals surface area contributed by atoms with Crippen molar-refractivity contribution in [2.45, 2.75) is 4.90 Å². The first-order chi connectivity index (χ1) is 13.8. The van der Waals surface area contributed by atoms with Crippen LogP contribution in [-0.2, 0) is 9.84 Å². The molecule has 0 aliphatic carbocycles. The molecular weight excluding hydrogens is 424 g/mol. The molecule has 1 heterocycles. The lowest BCUT2D eigenvalue weighted by Gasteiger charge is -2.11. The Morgan fingerprint density at radius 2 is 1.53 bits per heavy atom. The van der Waals surface area contributed by atoms with Gasteiger partial charge in [-0.15, -0.1) is 12.4 Å². The lowest BCUT2D eigenvalue weighted by Crippen LogP contribution is -1.97. The van der Waals surface area contributed by atoms with E-state index in [1.165, 1.54) is 12.1 Å². The van der Waals surface area contributed by atoms with Crippen LogP contribution >= 0.6 is 12.4 Å². The largest absolute Gasteiger partial charge is 0.270 e. The molecule has 0 bridgehead atoms. The van der Waals surface area contributed by atoms with Gasteiger partial charge in [-0.1, -0.05) is 42.5 Å². The van der Waals surface area contributed by atoms with Gasteiger partial charge in [0.15, 0.2) is 9.84 Å². The molecule has 0 saturated heterocycles. The van der Waals surface area contributed by atoms with Gasteiger partial charge >= 0.3 is 0 Å². The molecule has 0 radical (unpaired) electrons. The third-order valence-electron chi connectivity index (χ3n) is 4.67. The zero-order valence-corrected chi connectivity index (χ0v) is 17.5. The second-order valence-electron chi connectivity index (χ2n) is 6.68. The minimum Gasteiger partial charge on any atom is -0.258 e. The Balaban J connectivity index is 0.00000256. The molecule has 0 saturated carbocycles. The van der Waals surface area contributed by atoms with Gasteiger partial charge in [0.1, 0.15) is 0 Å². The molecular formula is C22H17ClN2O4S. The fourth-order valence-electron chi connectivity index (χ4n) is 3.20. The summed E-state index contributed by atoms with van der Waals surface area (Å²) in [6, 6.07) is 22.6. The van der Waals surface area contributed by atoms with Crippen LogP contribution in [0.15, 0.2) is 83.8 Å². The van der Waals surface area contributed by atoms with Crippen molar-refractivity contribution in [2.75, 3.05) is 6.26 Å². The van der Waals surface area contributed by atoms with Crippen molar-refractivity contribution in [3.63, 3.8) is 0 Å². The van der Waals surface area contributed by atoms with Crippen molar-refractivity contribution >= 4 is 38.8 Å². The summed E-state index contributed by atoms with van der Waals surface area (Å²) in [6.45, 7) is 0. The van der Waals surface area contributed by atoms with E-state index in [1.807, 2.05) is 36.4 Å². The van der Waals surface area contributed by atoms with E-state index in [2.05, 4.69) is 4.98 Å². The van der Waals surface area contributed by atoms with Crippen molar-refractivity contribution in [1.29, 1.82) is 0 Å². The number of sulfone groups is 1. The van der Waals surface area contributed by atoms with E-state index >= 15 is 0 Å². The average molecular weight is 441 g/mol. The van der Waals surface area contributed by atoms with E-state index in [0.717, 1.165) is 22.9 Å². The minimum absolute atomic E-state index is 0. The number of hydrogen-bond donors (Lipinski definition) is 0. The fourth-order valence-corrected chi connectivity index (χ4v) is 3.84. The molecule has 0 unspecified atom stereocenters. The first kappa shape index (κ1) is 21.4. The van der Waals surface area contributed by atoms with Crippen molar-refractivity contribution < 1.29 is 13.3 Å². The summed E-state index contributed by atoms with van der Waals surface area (Å²) in [5.74, 6) is 0. The number of pyridine rings is 1. The number of hydrogen-bond acceptors (Lipinski definition) is 5. The zero-order chi connectivity index (χ0) is 20.6. The Morgan fingerprint density at radius 1 is 0.867 bits per heavy atom. The van der Waals surface area contributed by atoms with E-state index in [-0.39, 0.29) is 23.0 Å². The highest BCUT2D eigenvalue weighted by Gasteiger charge is 2.14. The number of fused-ring (bicyclic) bond motifs is 1. The molecule has 4 rings (SSSR count). The number of aromatic nitrogens is 1. The van der Waals surface area contributed by atoms with E-state index in [4.69, 9.17) is 0 Å². The maximum Gasteiger partial charge on any atom is 0.270 e. The summed E-state index contributed by atoms with van der Waals surface area (Å²) >= 11 is 0. The Bertz CT molecular complexity index is 1340. The number of nitro benzene ring substituents is 1. The van der Waals surface area contributed by atoms with E-state index in [0.29, 0.717) is 16.6 Å². The molecule has 3 aromatic carbocycles. The van der Waals surface area contributed by atoms with Crippen molar-refractivity contribution in [1.82, 2.24) is 4.98 Å². The Morgan fingerprint density at radius 3 is 2.13 bits per heavy atom. The molecule has 0 atom stereocenters. The van der Waals surface area contributed by atoms with Gasteiger partial charge in [-0.05, 0) is 35.4 Å². The summed E-state index contributed by atoms with van der Waals surface area (Å²) in [5, 5.41) is 11.9. The van der Waals surface area contributed by atoms with Crippen LogP contribution in [0.2, 0.25) is 0 Å². The lowest BCUT2D eigenvalue weighted by atomic mass is 9.98. The highest BCUT2D eigenvalue weighted by molar-refractivity contribution is 7.90. The SMILES string of the molecule is CS(=O)(=O)c1ccc(-c2cc(-c3ccccc3)c3cc([N+](=O)[O-])ccc3n2)cc1.Cl. The minimum atomic E-state index is -3.28. The van der Waals surface area contributed by atoms with Crippen molar-refractivity contribution in [2.24, 2.45) is 0 Å². The van der Waals surface area contributed by atoms with E-state index in [1.54, 1.807) is 30.3 Å². The molecule has 0 amide bonds. The number of non-ortho nitro benzene ring substituents is 1. The van der Waals surface area contributed by atoms with Crippen LogP contribution < -0.4 is 0 Å². The Kier molecular flexibility index (Phi) is 5.87. The molecule has 1 aromatic heterocycles. The Hall–Kier alpha value is -3.29. The van der Waals surface area contributed by atoms with Crippen molar-refractivity contribution in [3.8, 4) is 22.4 Å². The average Bonchev–Trinajstić information content (AvgIpc) is 2.72. The standard InChI is InChI=1S/C22H16N2O4S.ClH/c1-29(27,28)18-10-7-16(8-11-18)22-14-19(15-5-3-2-4-6-15)20-13-17(24(25)26)9-12-21(20)23-22;/h2-14H,1H3;1H. The topological polar surface area (TPSA) is 90.2 Å². The van der Waals surface area contributed by atoms with Gasteiger partial charge in [0, 0.05) is 29.3 Å². The number of nitro groups is 1. The maximum absolute atomic E-state index is 11.7.